The molecule has 6 nitrogen and oxygen atoms in total. The van der Waals surface area contributed by atoms with Crippen molar-refractivity contribution in [2.24, 2.45) is 0 Å². The van der Waals surface area contributed by atoms with Gasteiger partial charge < -0.3 is 20.3 Å². The van der Waals surface area contributed by atoms with E-state index < -0.39 is 12.1 Å². The van der Waals surface area contributed by atoms with Gasteiger partial charge in [-0.05, 0) is 89.9 Å². The maximum Gasteiger partial charge on any atom is 0.305 e. The van der Waals surface area contributed by atoms with Gasteiger partial charge in [0.15, 0.2) is 0 Å². The lowest BCUT2D eigenvalue weighted by Gasteiger charge is -2.20. The fraction of sp³-hybridized carbons (Fsp3) is 0.848. The van der Waals surface area contributed by atoms with Crippen molar-refractivity contribution in [3.8, 4) is 0 Å². The number of unbranched alkanes of at least 4 members (excludes halogenated alkanes) is 42. The van der Waals surface area contributed by atoms with E-state index in [0.29, 0.717) is 19.4 Å². The maximum atomic E-state index is 12.4. The molecule has 1 amide bonds. The van der Waals surface area contributed by atoms with Gasteiger partial charge in [0.2, 0.25) is 5.91 Å². The zero-order valence-corrected chi connectivity index (χ0v) is 48.2. The summed E-state index contributed by atoms with van der Waals surface area (Å²) < 4.78 is 5.49. The molecule has 72 heavy (non-hydrogen) atoms. The summed E-state index contributed by atoms with van der Waals surface area (Å²) in [5.74, 6) is -0.0657. The summed E-state index contributed by atoms with van der Waals surface area (Å²) >= 11 is 0. The van der Waals surface area contributed by atoms with Crippen LogP contribution in [0.3, 0.4) is 0 Å². The fourth-order valence-corrected chi connectivity index (χ4v) is 9.66. The average molecular weight is 1010 g/mol. The Balaban J connectivity index is 3.41. The summed E-state index contributed by atoms with van der Waals surface area (Å²) in [5, 5.41) is 23.0. The zero-order chi connectivity index (χ0) is 52.2. The van der Waals surface area contributed by atoms with Crippen LogP contribution in [0.4, 0.5) is 0 Å². The molecule has 0 aromatic heterocycles. The smallest absolute Gasteiger partial charge is 0.305 e. The van der Waals surface area contributed by atoms with Crippen molar-refractivity contribution < 1.29 is 24.5 Å². The summed E-state index contributed by atoms with van der Waals surface area (Å²) in [5.41, 5.74) is 0. The molecule has 0 aliphatic rings. The first-order valence-corrected chi connectivity index (χ1v) is 31.9. The molecule has 0 saturated heterocycles. The van der Waals surface area contributed by atoms with Crippen molar-refractivity contribution >= 4 is 11.9 Å². The highest BCUT2D eigenvalue weighted by Crippen LogP contribution is 2.16. The Morgan fingerprint density at radius 2 is 0.694 bits per heavy atom. The van der Waals surface area contributed by atoms with E-state index in [4.69, 9.17) is 4.74 Å². The highest BCUT2D eigenvalue weighted by molar-refractivity contribution is 5.76. The normalized spacial score (nSPS) is 12.9. The lowest BCUT2D eigenvalue weighted by Crippen LogP contribution is -2.45. The third-order valence-electron chi connectivity index (χ3n) is 14.6. The Hall–Kier alpha value is -2.18. The number of carbonyl (C=O) groups is 2. The molecule has 0 spiro atoms. The maximum absolute atomic E-state index is 12.4. The third-order valence-corrected chi connectivity index (χ3v) is 14.6. The lowest BCUT2D eigenvalue weighted by molar-refractivity contribution is -0.143. The molecule has 3 N–H and O–H groups in total. The largest absolute Gasteiger partial charge is 0.466 e. The molecule has 2 unspecified atom stereocenters. The van der Waals surface area contributed by atoms with Gasteiger partial charge >= 0.3 is 5.97 Å². The molecule has 0 bridgehead atoms. The number of hydrogen-bond donors (Lipinski definition) is 3. The van der Waals surface area contributed by atoms with Crippen LogP contribution in [-0.4, -0.2) is 47.4 Å². The number of rotatable bonds is 59. The minimum Gasteiger partial charge on any atom is -0.466 e. The summed E-state index contributed by atoms with van der Waals surface area (Å²) in [6.07, 6.45) is 78.8. The van der Waals surface area contributed by atoms with E-state index in [9.17, 15) is 19.8 Å². The number of nitrogens with one attached hydrogen (secondary N) is 1. The van der Waals surface area contributed by atoms with E-state index >= 15 is 0 Å². The van der Waals surface area contributed by atoms with Crippen LogP contribution >= 0.6 is 0 Å². The first kappa shape index (κ1) is 69.8. The topological polar surface area (TPSA) is 95.9 Å². The highest BCUT2D eigenvalue weighted by Gasteiger charge is 2.18. The Morgan fingerprint density at radius 3 is 1.07 bits per heavy atom. The van der Waals surface area contributed by atoms with E-state index in [2.05, 4.69) is 55.6 Å². The summed E-state index contributed by atoms with van der Waals surface area (Å²) in [4.78, 5) is 24.5. The predicted molar refractivity (Wildman–Crippen MR) is 315 cm³/mol. The van der Waals surface area contributed by atoms with Crippen molar-refractivity contribution in [2.45, 2.75) is 347 Å². The van der Waals surface area contributed by atoms with Crippen LogP contribution in [0.5, 0.6) is 0 Å². The van der Waals surface area contributed by atoms with Crippen molar-refractivity contribution in [1.29, 1.82) is 0 Å². The van der Waals surface area contributed by atoms with Crippen molar-refractivity contribution in [1.82, 2.24) is 5.32 Å². The van der Waals surface area contributed by atoms with Crippen LogP contribution in [0.15, 0.2) is 48.6 Å². The summed E-state index contributed by atoms with van der Waals surface area (Å²) in [6.45, 7) is 4.89. The monoisotopic (exact) mass is 1010 g/mol. The molecule has 422 valence electrons. The molecule has 0 aliphatic carbocycles. The van der Waals surface area contributed by atoms with Gasteiger partial charge in [0.25, 0.3) is 0 Å². The second-order valence-electron chi connectivity index (χ2n) is 21.7. The number of hydrogen-bond acceptors (Lipinski definition) is 5. The quantitative estimate of drug-likeness (QED) is 0.0320. The second-order valence-corrected chi connectivity index (χ2v) is 21.7. The van der Waals surface area contributed by atoms with E-state index in [1.807, 2.05) is 6.08 Å². The highest BCUT2D eigenvalue weighted by atomic mass is 16.5. The zero-order valence-electron chi connectivity index (χ0n) is 48.2. The Bertz CT molecular complexity index is 1210. The number of carbonyl (C=O) groups excluding carboxylic acids is 2. The van der Waals surface area contributed by atoms with E-state index in [1.54, 1.807) is 6.08 Å². The molecular weight excluding hydrogens is 887 g/mol. The van der Waals surface area contributed by atoms with Crippen molar-refractivity contribution in [2.75, 3.05) is 13.2 Å². The van der Waals surface area contributed by atoms with Gasteiger partial charge in [0.1, 0.15) is 0 Å². The molecule has 0 rings (SSSR count). The SMILES string of the molecule is CCCCCCCC/C=C\CCCCCCCCCC(=O)OCCCCCCCCCCC/C=C\C/C=C\CCCCCCCCCCCCCC(=O)NC(CO)C(O)/C=C/CCCCCCCCCCC. The molecule has 6 heteroatoms. The predicted octanol–water partition coefficient (Wildman–Crippen LogP) is 20.1. The van der Waals surface area contributed by atoms with E-state index in [1.165, 1.54) is 257 Å². The third kappa shape index (κ3) is 57.1. The first-order chi connectivity index (χ1) is 35.5. The summed E-state index contributed by atoms with van der Waals surface area (Å²) in [6, 6.07) is -0.629. The number of esters is 1. The minimum atomic E-state index is -0.846. The Labute approximate surface area is 448 Å². The molecular formula is C66H123NO5. The number of aliphatic hydroxyl groups excluding tert-OH is 2. The number of ether oxygens (including phenoxy) is 1. The Morgan fingerprint density at radius 1 is 0.389 bits per heavy atom. The number of aliphatic hydroxyl groups is 2. The van der Waals surface area contributed by atoms with E-state index in [-0.39, 0.29) is 18.5 Å². The Kier molecular flexibility index (Phi) is 59.5. The van der Waals surface area contributed by atoms with Crippen LogP contribution in [0.1, 0.15) is 335 Å². The van der Waals surface area contributed by atoms with Crippen LogP contribution in [-0.2, 0) is 14.3 Å². The molecule has 0 aromatic rings. The molecule has 0 radical (unpaired) electrons. The molecule has 2 atom stereocenters. The van der Waals surface area contributed by atoms with Crippen molar-refractivity contribution in [3.63, 3.8) is 0 Å². The van der Waals surface area contributed by atoms with Crippen LogP contribution in [0.2, 0.25) is 0 Å². The van der Waals surface area contributed by atoms with Crippen LogP contribution < -0.4 is 5.32 Å². The summed E-state index contributed by atoms with van der Waals surface area (Å²) in [7, 11) is 0. The minimum absolute atomic E-state index is 0.00663. The van der Waals surface area contributed by atoms with Crippen molar-refractivity contribution in [3.05, 3.63) is 48.6 Å². The first-order valence-electron chi connectivity index (χ1n) is 31.9. The van der Waals surface area contributed by atoms with Gasteiger partial charge in [0.05, 0.1) is 25.4 Å². The standard InChI is InChI=1S/C66H123NO5/c1-3-5-7-9-11-13-15-16-17-29-33-36-40-44-48-52-56-60-66(71)72-61-57-53-49-45-41-37-34-31-28-26-24-22-20-18-19-21-23-25-27-30-32-35-39-43-47-51-55-59-65(70)67-63(62-68)64(69)58-54-50-46-42-38-14-12-10-8-6-4-2/h16-19,22,24,54,58,63-64,68-69H,3-15,20-21,23,25-53,55-57,59-62H2,1-2H3,(H,67,70)/b17-16-,19-18-,24-22-,58-54+. The molecule has 0 aliphatic heterocycles. The van der Waals surface area contributed by atoms with Crippen LogP contribution in [0.25, 0.3) is 0 Å². The van der Waals surface area contributed by atoms with Gasteiger partial charge in [0, 0.05) is 12.8 Å². The van der Waals surface area contributed by atoms with E-state index in [0.717, 1.165) is 51.4 Å². The lowest BCUT2D eigenvalue weighted by atomic mass is 10.0. The van der Waals surface area contributed by atoms with Gasteiger partial charge in [-0.15, -0.1) is 0 Å². The van der Waals surface area contributed by atoms with Crippen LogP contribution in [0, 0.1) is 0 Å². The second kappa shape index (κ2) is 61.4. The average Bonchev–Trinajstić information content (AvgIpc) is 3.38. The number of amides is 1. The van der Waals surface area contributed by atoms with Gasteiger partial charge in [-0.2, -0.15) is 0 Å². The molecule has 0 saturated carbocycles. The molecule has 0 heterocycles. The molecule has 0 aromatic carbocycles. The molecule has 0 fully saturated rings. The fourth-order valence-electron chi connectivity index (χ4n) is 9.66. The van der Waals surface area contributed by atoms with Gasteiger partial charge in [-0.1, -0.05) is 281 Å². The van der Waals surface area contributed by atoms with Gasteiger partial charge in [-0.3, -0.25) is 9.59 Å². The van der Waals surface area contributed by atoms with Gasteiger partial charge in [-0.25, -0.2) is 0 Å². The number of allylic oxidation sites excluding steroid dienone is 7.